The number of nitrogens with zero attached hydrogens (tertiary/aromatic N) is 2. The molecule has 0 aliphatic carbocycles. The number of fused-ring (bicyclic) bond motifs is 1. The molecule has 2 heterocycles. The second-order valence-corrected chi connectivity index (χ2v) is 5.41. The SMILES string of the molecule is CCC(CC)c1nn2c(c1Br)NC(C)CC2. The van der Waals surface area contributed by atoms with E-state index in [1.807, 2.05) is 0 Å². The van der Waals surface area contributed by atoms with Crippen LogP contribution in [0.25, 0.3) is 0 Å². The number of anilines is 1. The minimum Gasteiger partial charge on any atom is -0.367 e. The number of halogens is 1. The van der Waals surface area contributed by atoms with Gasteiger partial charge in [0, 0.05) is 18.5 Å². The van der Waals surface area contributed by atoms with E-state index in [4.69, 9.17) is 5.10 Å². The van der Waals surface area contributed by atoms with Gasteiger partial charge in [-0.25, -0.2) is 4.68 Å². The Morgan fingerprint density at radius 3 is 2.81 bits per heavy atom. The van der Waals surface area contributed by atoms with Crippen molar-refractivity contribution in [2.75, 3.05) is 5.32 Å². The third kappa shape index (κ3) is 1.99. The third-order valence-corrected chi connectivity index (χ3v) is 4.23. The summed E-state index contributed by atoms with van der Waals surface area (Å²) in [4.78, 5) is 0. The van der Waals surface area contributed by atoms with E-state index in [0.717, 1.165) is 25.8 Å². The van der Waals surface area contributed by atoms with Crippen LogP contribution in [0.4, 0.5) is 5.82 Å². The molecule has 0 radical (unpaired) electrons. The first-order valence-corrected chi connectivity index (χ1v) is 6.99. The molecule has 0 fully saturated rings. The lowest BCUT2D eigenvalue weighted by Gasteiger charge is -2.22. The lowest BCUT2D eigenvalue weighted by Crippen LogP contribution is -2.26. The normalized spacial score (nSPS) is 19.7. The molecule has 1 aromatic rings. The number of hydrogen-bond donors (Lipinski definition) is 1. The maximum Gasteiger partial charge on any atom is 0.139 e. The van der Waals surface area contributed by atoms with Crippen molar-refractivity contribution < 1.29 is 0 Å². The van der Waals surface area contributed by atoms with Crippen LogP contribution in [0, 0.1) is 0 Å². The highest BCUT2D eigenvalue weighted by Crippen LogP contribution is 2.36. The summed E-state index contributed by atoms with van der Waals surface area (Å²) in [5, 5.41) is 8.24. The van der Waals surface area contributed by atoms with E-state index >= 15 is 0 Å². The van der Waals surface area contributed by atoms with Crippen molar-refractivity contribution in [3.05, 3.63) is 10.2 Å². The Balaban J connectivity index is 2.35. The van der Waals surface area contributed by atoms with Crippen LogP contribution in [-0.4, -0.2) is 15.8 Å². The van der Waals surface area contributed by atoms with Gasteiger partial charge in [0.15, 0.2) is 0 Å². The van der Waals surface area contributed by atoms with E-state index in [0.29, 0.717) is 12.0 Å². The summed E-state index contributed by atoms with van der Waals surface area (Å²) in [6.07, 6.45) is 3.46. The van der Waals surface area contributed by atoms with Gasteiger partial charge in [-0.15, -0.1) is 0 Å². The van der Waals surface area contributed by atoms with E-state index < -0.39 is 0 Å². The molecule has 4 heteroatoms. The summed E-state index contributed by atoms with van der Waals surface area (Å²) in [6, 6.07) is 0.551. The van der Waals surface area contributed by atoms with Crippen LogP contribution in [0.1, 0.15) is 51.6 Å². The van der Waals surface area contributed by atoms with Gasteiger partial charge in [-0.3, -0.25) is 0 Å². The van der Waals surface area contributed by atoms with Crippen molar-refractivity contribution in [3.8, 4) is 0 Å². The zero-order valence-corrected chi connectivity index (χ0v) is 11.8. The highest BCUT2D eigenvalue weighted by atomic mass is 79.9. The van der Waals surface area contributed by atoms with Crippen molar-refractivity contribution in [1.82, 2.24) is 9.78 Å². The van der Waals surface area contributed by atoms with Crippen molar-refractivity contribution in [2.24, 2.45) is 0 Å². The molecule has 2 rings (SSSR count). The van der Waals surface area contributed by atoms with E-state index in [-0.39, 0.29) is 0 Å². The van der Waals surface area contributed by atoms with Gasteiger partial charge in [0.05, 0.1) is 10.2 Å². The fourth-order valence-corrected chi connectivity index (χ4v) is 3.04. The summed E-state index contributed by atoms with van der Waals surface area (Å²) in [5.41, 5.74) is 1.22. The highest BCUT2D eigenvalue weighted by Gasteiger charge is 2.24. The van der Waals surface area contributed by atoms with E-state index in [1.54, 1.807) is 0 Å². The van der Waals surface area contributed by atoms with E-state index in [2.05, 4.69) is 46.7 Å². The molecule has 90 valence electrons. The largest absolute Gasteiger partial charge is 0.367 e. The number of hydrogen-bond acceptors (Lipinski definition) is 2. The Kier molecular flexibility index (Phi) is 3.57. The van der Waals surface area contributed by atoms with Crippen molar-refractivity contribution >= 4 is 21.7 Å². The molecule has 1 atom stereocenters. The molecule has 1 aliphatic heterocycles. The van der Waals surface area contributed by atoms with Crippen molar-refractivity contribution in [1.29, 1.82) is 0 Å². The van der Waals surface area contributed by atoms with Gasteiger partial charge in [-0.1, -0.05) is 13.8 Å². The zero-order valence-electron chi connectivity index (χ0n) is 10.3. The summed E-state index contributed by atoms with van der Waals surface area (Å²) >= 11 is 3.70. The maximum absolute atomic E-state index is 4.73. The van der Waals surface area contributed by atoms with Gasteiger partial charge in [0.25, 0.3) is 0 Å². The molecule has 0 bridgehead atoms. The van der Waals surface area contributed by atoms with Gasteiger partial charge in [-0.2, -0.15) is 5.10 Å². The van der Waals surface area contributed by atoms with Crippen molar-refractivity contribution in [2.45, 2.75) is 58.5 Å². The van der Waals surface area contributed by atoms with Crippen LogP contribution in [0.3, 0.4) is 0 Å². The average Bonchev–Trinajstić information content (AvgIpc) is 2.59. The van der Waals surface area contributed by atoms with Crippen LogP contribution in [-0.2, 0) is 6.54 Å². The fraction of sp³-hybridized carbons (Fsp3) is 0.750. The molecular formula is C12H20BrN3. The molecule has 1 aromatic heterocycles. The number of aryl methyl sites for hydroxylation is 1. The molecular weight excluding hydrogens is 266 g/mol. The second-order valence-electron chi connectivity index (χ2n) is 4.62. The monoisotopic (exact) mass is 285 g/mol. The molecule has 0 aromatic carbocycles. The summed E-state index contributed by atoms with van der Waals surface area (Å²) in [5.74, 6) is 1.74. The molecule has 3 nitrogen and oxygen atoms in total. The molecule has 1 N–H and O–H groups in total. The predicted octanol–water partition coefficient (Wildman–Crippen LogP) is 3.75. The van der Waals surface area contributed by atoms with Crippen molar-refractivity contribution in [3.63, 3.8) is 0 Å². The first-order valence-electron chi connectivity index (χ1n) is 6.20. The molecule has 0 saturated heterocycles. The van der Waals surface area contributed by atoms with E-state index in [1.165, 1.54) is 16.0 Å². The average molecular weight is 286 g/mol. The Hall–Kier alpha value is -0.510. The highest BCUT2D eigenvalue weighted by molar-refractivity contribution is 9.10. The Labute approximate surface area is 106 Å². The van der Waals surface area contributed by atoms with Crippen LogP contribution in [0.5, 0.6) is 0 Å². The molecule has 1 unspecified atom stereocenters. The quantitative estimate of drug-likeness (QED) is 0.917. The minimum absolute atomic E-state index is 0.551. The van der Waals surface area contributed by atoms with Gasteiger partial charge >= 0.3 is 0 Å². The predicted molar refractivity (Wildman–Crippen MR) is 71.0 cm³/mol. The summed E-state index contributed by atoms with van der Waals surface area (Å²) in [7, 11) is 0. The standard InChI is InChI=1S/C12H20BrN3/c1-4-9(5-2)11-10(13)12-14-8(3)6-7-16(12)15-11/h8-9,14H,4-7H2,1-3H3. The van der Waals surface area contributed by atoms with Gasteiger partial charge in [0.1, 0.15) is 5.82 Å². The molecule has 0 spiro atoms. The Morgan fingerprint density at radius 1 is 1.50 bits per heavy atom. The van der Waals surface area contributed by atoms with Gasteiger partial charge in [-0.05, 0) is 42.1 Å². The minimum atomic E-state index is 0.551. The maximum atomic E-state index is 4.73. The Bertz CT molecular complexity index is 369. The fourth-order valence-electron chi connectivity index (χ4n) is 2.32. The molecule has 0 saturated carbocycles. The smallest absolute Gasteiger partial charge is 0.139 e. The van der Waals surface area contributed by atoms with Crippen LogP contribution >= 0.6 is 15.9 Å². The van der Waals surface area contributed by atoms with E-state index in [9.17, 15) is 0 Å². The van der Waals surface area contributed by atoms with Gasteiger partial charge in [0.2, 0.25) is 0 Å². The van der Waals surface area contributed by atoms with Crippen LogP contribution < -0.4 is 5.32 Å². The topological polar surface area (TPSA) is 29.9 Å². The Morgan fingerprint density at radius 2 is 2.19 bits per heavy atom. The summed E-state index contributed by atoms with van der Waals surface area (Å²) < 4.78 is 3.28. The number of nitrogens with one attached hydrogen (secondary N) is 1. The lowest BCUT2D eigenvalue weighted by molar-refractivity contribution is 0.500. The molecule has 16 heavy (non-hydrogen) atoms. The first kappa shape index (κ1) is 12.0. The van der Waals surface area contributed by atoms with Gasteiger partial charge < -0.3 is 5.32 Å². The first-order chi connectivity index (χ1) is 7.67. The van der Waals surface area contributed by atoms with Crippen LogP contribution in [0.15, 0.2) is 4.47 Å². The number of rotatable bonds is 3. The lowest BCUT2D eigenvalue weighted by atomic mass is 10.00. The molecule has 1 aliphatic rings. The number of aromatic nitrogens is 2. The molecule has 0 amide bonds. The third-order valence-electron chi connectivity index (χ3n) is 3.45. The summed E-state index contributed by atoms with van der Waals surface area (Å²) in [6.45, 7) is 7.71. The second kappa shape index (κ2) is 4.78. The van der Waals surface area contributed by atoms with Crippen LogP contribution in [0.2, 0.25) is 0 Å². The zero-order chi connectivity index (χ0) is 11.7.